The van der Waals surface area contributed by atoms with Crippen LogP contribution in [0.4, 0.5) is 15.9 Å². The van der Waals surface area contributed by atoms with E-state index in [4.69, 9.17) is 16.3 Å². The molecular weight excluding hydrogens is 417 g/mol. The van der Waals surface area contributed by atoms with Crippen LogP contribution in [0, 0.1) is 5.82 Å². The van der Waals surface area contributed by atoms with Crippen LogP contribution in [0.5, 0.6) is 5.75 Å². The van der Waals surface area contributed by atoms with Gasteiger partial charge in [-0.2, -0.15) is 0 Å². The molecule has 164 valence electrons. The fraction of sp³-hybridized carbons (Fsp3) is 0.391. The fourth-order valence-corrected chi connectivity index (χ4v) is 4.27. The number of hydrogen-bond donors (Lipinski definition) is 1. The van der Waals surface area contributed by atoms with Crippen molar-refractivity contribution in [2.75, 3.05) is 39.1 Å². The van der Waals surface area contributed by atoms with Gasteiger partial charge in [-0.3, -0.25) is 9.80 Å². The second-order valence-corrected chi connectivity index (χ2v) is 8.69. The van der Waals surface area contributed by atoms with Crippen molar-refractivity contribution >= 4 is 34.0 Å². The number of likely N-dealkylation sites (tertiary alicyclic amines) is 1. The highest BCUT2D eigenvalue weighted by Gasteiger charge is 2.41. The van der Waals surface area contributed by atoms with Crippen molar-refractivity contribution in [2.24, 2.45) is 0 Å². The minimum atomic E-state index is -0.511. The van der Waals surface area contributed by atoms with Gasteiger partial charge in [-0.05, 0) is 38.7 Å². The Labute approximate surface area is 187 Å². The molecule has 0 saturated carbocycles. The first-order chi connectivity index (χ1) is 14.8. The average Bonchev–Trinajstić information content (AvgIpc) is 2.74. The summed E-state index contributed by atoms with van der Waals surface area (Å²) in [6, 6.07) is 8.76. The lowest BCUT2D eigenvalue weighted by Gasteiger charge is -2.53. The number of hydrogen-bond acceptors (Lipinski definition) is 6. The Morgan fingerprint density at radius 1 is 1.29 bits per heavy atom. The van der Waals surface area contributed by atoms with E-state index in [0.717, 1.165) is 41.9 Å². The summed E-state index contributed by atoms with van der Waals surface area (Å²) in [5, 5.41) is 3.92. The van der Waals surface area contributed by atoms with Gasteiger partial charge in [0.15, 0.2) is 5.82 Å². The lowest BCUT2D eigenvalue weighted by atomic mass is 9.90. The van der Waals surface area contributed by atoms with Crippen LogP contribution in [0.2, 0.25) is 5.02 Å². The van der Waals surface area contributed by atoms with E-state index in [9.17, 15) is 4.39 Å². The second kappa shape index (κ2) is 8.57. The van der Waals surface area contributed by atoms with E-state index in [0.29, 0.717) is 12.4 Å². The number of halogens is 2. The molecule has 6 nitrogen and oxygen atoms in total. The number of anilines is 2. The first-order valence-corrected chi connectivity index (χ1v) is 10.7. The molecule has 0 bridgehead atoms. The molecule has 0 amide bonds. The van der Waals surface area contributed by atoms with E-state index in [-0.39, 0.29) is 16.2 Å². The molecule has 31 heavy (non-hydrogen) atoms. The molecule has 0 unspecified atom stereocenters. The van der Waals surface area contributed by atoms with Crippen molar-refractivity contribution in [1.29, 1.82) is 0 Å². The molecule has 3 aromatic rings. The molecule has 4 rings (SSSR count). The molecule has 2 aromatic carbocycles. The van der Waals surface area contributed by atoms with Crippen molar-refractivity contribution in [3.05, 3.63) is 53.1 Å². The van der Waals surface area contributed by atoms with Gasteiger partial charge in [0.25, 0.3) is 0 Å². The Morgan fingerprint density at radius 2 is 2.06 bits per heavy atom. The molecule has 1 fully saturated rings. The standard InChI is InChI=1S/C23H27ClFN5O/c1-5-30-12-23(2,13-30)29(3)11-15-9-16-19(10-20(15)31-4)26-14-27-22(16)28-18-8-6-7-17(24)21(18)25/h6-10,14H,5,11-13H2,1-4H3,(H,26,27,28). The predicted octanol–water partition coefficient (Wildman–Crippen LogP) is 4.70. The van der Waals surface area contributed by atoms with E-state index >= 15 is 0 Å². The van der Waals surface area contributed by atoms with Gasteiger partial charge in [0.2, 0.25) is 0 Å². The zero-order valence-corrected chi connectivity index (χ0v) is 19.0. The third-order valence-electron chi connectivity index (χ3n) is 6.15. The summed E-state index contributed by atoms with van der Waals surface area (Å²) >= 11 is 5.93. The molecule has 0 spiro atoms. The highest BCUT2D eigenvalue weighted by atomic mass is 35.5. The first-order valence-electron chi connectivity index (χ1n) is 10.3. The number of rotatable bonds is 7. The van der Waals surface area contributed by atoms with Gasteiger partial charge in [-0.15, -0.1) is 0 Å². The normalized spacial score (nSPS) is 15.8. The largest absolute Gasteiger partial charge is 0.496 e. The van der Waals surface area contributed by atoms with E-state index in [1.54, 1.807) is 19.2 Å². The summed E-state index contributed by atoms with van der Waals surface area (Å²) in [4.78, 5) is 13.5. The molecule has 1 saturated heterocycles. The average molecular weight is 444 g/mol. The zero-order chi connectivity index (χ0) is 22.2. The third kappa shape index (κ3) is 4.18. The summed E-state index contributed by atoms with van der Waals surface area (Å²) in [5.74, 6) is 0.778. The van der Waals surface area contributed by atoms with Crippen molar-refractivity contribution in [1.82, 2.24) is 19.8 Å². The minimum absolute atomic E-state index is 0.0576. The fourth-order valence-electron chi connectivity index (χ4n) is 4.10. The molecule has 2 heterocycles. The van der Waals surface area contributed by atoms with Gasteiger partial charge in [0, 0.05) is 42.2 Å². The smallest absolute Gasteiger partial charge is 0.165 e. The Balaban J connectivity index is 1.68. The van der Waals surface area contributed by atoms with Gasteiger partial charge in [0.1, 0.15) is 17.9 Å². The Bertz CT molecular complexity index is 1100. The number of nitrogens with one attached hydrogen (secondary N) is 1. The molecule has 0 radical (unpaired) electrons. The highest BCUT2D eigenvalue weighted by Crippen LogP contribution is 2.34. The maximum absolute atomic E-state index is 14.4. The topological polar surface area (TPSA) is 53.5 Å². The summed E-state index contributed by atoms with van der Waals surface area (Å²) in [6.07, 6.45) is 1.45. The molecule has 8 heteroatoms. The quantitative estimate of drug-likeness (QED) is 0.571. The van der Waals surface area contributed by atoms with Gasteiger partial charge >= 0.3 is 0 Å². The zero-order valence-electron chi connectivity index (χ0n) is 18.2. The van der Waals surface area contributed by atoms with Crippen LogP contribution in [0.15, 0.2) is 36.7 Å². The Kier molecular flexibility index (Phi) is 6.01. The van der Waals surface area contributed by atoms with Crippen LogP contribution in [-0.2, 0) is 6.54 Å². The van der Waals surface area contributed by atoms with Crippen LogP contribution in [0.25, 0.3) is 10.9 Å². The van der Waals surface area contributed by atoms with E-state index in [1.807, 2.05) is 12.1 Å². The van der Waals surface area contributed by atoms with Crippen LogP contribution in [-0.4, -0.2) is 59.1 Å². The SMILES string of the molecule is CCN1CC(C)(N(C)Cc2cc3c(Nc4cccc(Cl)c4F)ncnc3cc2OC)C1. The second-order valence-electron chi connectivity index (χ2n) is 8.29. The summed E-state index contributed by atoms with van der Waals surface area (Å²) in [5.41, 5.74) is 2.13. The summed E-state index contributed by atoms with van der Waals surface area (Å²) in [6.45, 7) is 8.33. The van der Waals surface area contributed by atoms with Gasteiger partial charge < -0.3 is 10.1 Å². The molecule has 1 aromatic heterocycles. The van der Waals surface area contributed by atoms with Crippen LogP contribution >= 0.6 is 11.6 Å². The molecule has 0 atom stereocenters. The maximum Gasteiger partial charge on any atom is 0.165 e. The van der Waals surface area contributed by atoms with Gasteiger partial charge in [0.05, 0.1) is 23.3 Å². The highest BCUT2D eigenvalue weighted by molar-refractivity contribution is 6.31. The minimum Gasteiger partial charge on any atom is -0.496 e. The van der Waals surface area contributed by atoms with Crippen molar-refractivity contribution in [2.45, 2.75) is 25.9 Å². The molecule has 1 aliphatic rings. The Morgan fingerprint density at radius 3 is 2.77 bits per heavy atom. The van der Waals surface area contributed by atoms with Crippen LogP contribution < -0.4 is 10.1 Å². The van der Waals surface area contributed by atoms with E-state index in [1.165, 1.54) is 12.4 Å². The number of methoxy groups -OCH3 is 1. The number of aromatic nitrogens is 2. The van der Waals surface area contributed by atoms with Crippen molar-refractivity contribution < 1.29 is 9.13 Å². The monoisotopic (exact) mass is 443 g/mol. The van der Waals surface area contributed by atoms with Crippen molar-refractivity contribution in [3.63, 3.8) is 0 Å². The number of ether oxygens (including phenoxy) is 1. The maximum atomic E-state index is 14.4. The van der Waals surface area contributed by atoms with Crippen LogP contribution in [0.1, 0.15) is 19.4 Å². The van der Waals surface area contributed by atoms with Crippen LogP contribution in [0.3, 0.4) is 0 Å². The molecule has 1 aliphatic heterocycles. The lowest BCUT2D eigenvalue weighted by molar-refractivity contribution is -0.0303. The summed E-state index contributed by atoms with van der Waals surface area (Å²) < 4.78 is 20.1. The molecular formula is C23H27ClFN5O. The van der Waals surface area contributed by atoms with E-state index in [2.05, 4.69) is 46.0 Å². The summed E-state index contributed by atoms with van der Waals surface area (Å²) in [7, 11) is 3.80. The lowest BCUT2D eigenvalue weighted by Crippen LogP contribution is -2.67. The number of fused-ring (bicyclic) bond motifs is 1. The predicted molar refractivity (Wildman–Crippen MR) is 123 cm³/mol. The molecule has 0 aliphatic carbocycles. The third-order valence-corrected chi connectivity index (χ3v) is 6.44. The number of benzene rings is 2. The molecule has 1 N–H and O–H groups in total. The van der Waals surface area contributed by atoms with Gasteiger partial charge in [-0.25, -0.2) is 14.4 Å². The number of nitrogens with zero attached hydrogens (tertiary/aromatic N) is 4. The van der Waals surface area contributed by atoms with Gasteiger partial charge in [-0.1, -0.05) is 24.6 Å². The van der Waals surface area contributed by atoms with Crippen molar-refractivity contribution in [3.8, 4) is 5.75 Å². The number of likely N-dealkylation sites (N-methyl/N-ethyl adjacent to an activating group) is 2. The Hall–Kier alpha value is -2.48. The first kappa shape index (κ1) is 21.7. The van der Waals surface area contributed by atoms with E-state index < -0.39 is 5.82 Å².